The van der Waals surface area contributed by atoms with Gasteiger partial charge in [-0.2, -0.15) is 0 Å². The van der Waals surface area contributed by atoms with E-state index in [4.69, 9.17) is 5.73 Å². The van der Waals surface area contributed by atoms with Crippen LogP contribution in [0.1, 0.15) is 26.6 Å². The molecule has 0 saturated heterocycles. The molecule has 0 radical (unpaired) electrons. The van der Waals surface area contributed by atoms with E-state index in [9.17, 15) is 0 Å². The summed E-state index contributed by atoms with van der Waals surface area (Å²) in [6.07, 6.45) is 2.90. The predicted octanol–water partition coefficient (Wildman–Crippen LogP) is 2.81. The second kappa shape index (κ2) is 4.76. The summed E-state index contributed by atoms with van der Waals surface area (Å²) >= 11 is 1.70. The van der Waals surface area contributed by atoms with Gasteiger partial charge in [-0.1, -0.05) is 23.8 Å². The molecule has 0 aliphatic carbocycles. The number of nitrogens with zero attached hydrogens (tertiary/aromatic N) is 1. The van der Waals surface area contributed by atoms with Gasteiger partial charge in [0.2, 0.25) is 0 Å². The largest absolute Gasteiger partial charge is 0.325 e. The predicted molar refractivity (Wildman–Crippen MR) is 68.7 cm³/mol. The third kappa shape index (κ3) is 2.49. The average Bonchev–Trinajstić information content (AvgIpc) is 2.70. The number of aromatic nitrogens is 1. The highest BCUT2D eigenvalue weighted by atomic mass is 32.1. The number of nitrogens with two attached hydrogens (primary N) is 1. The molecule has 3 heteroatoms. The van der Waals surface area contributed by atoms with E-state index in [0.29, 0.717) is 6.54 Å². The van der Waals surface area contributed by atoms with E-state index in [1.165, 1.54) is 21.6 Å². The topological polar surface area (TPSA) is 38.9 Å². The Morgan fingerprint density at radius 2 is 2.12 bits per heavy atom. The lowest BCUT2D eigenvalue weighted by Crippen LogP contribution is -1.93. The van der Waals surface area contributed by atoms with Crippen molar-refractivity contribution in [2.45, 2.75) is 26.8 Å². The molecule has 2 N–H and O–H groups in total. The van der Waals surface area contributed by atoms with Crippen molar-refractivity contribution in [1.29, 1.82) is 0 Å². The van der Waals surface area contributed by atoms with Crippen molar-refractivity contribution in [2.24, 2.45) is 5.73 Å². The van der Waals surface area contributed by atoms with Crippen molar-refractivity contribution in [3.8, 4) is 0 Å². The van der Waals surface area contributed by atoms with Crippen LogP contribution in [-0.4, -0.2) is 4.98 Å². The maximum absolute atomic E-state index is 5.55. The standard InChI is InChI=1S/C13H16N2S/c1-9-3-4-11(10(2)5-9)6-12-8-15-13(7-14)16-12/h3-5,8H,6-7,14H2,1-2H3. The normalized spacial score (nSPS) is 10.7. The Bertz CT molecular complexity index is 488. The Kier molecular flexibility index (Phi) is 3.36. The van der Waals surface area contributed by atoms with Crippen LogP contribution < -0.4 is 5.73 Å². The van der Waals surface area contributed by atoms with E-state index >= 15 is 0 Å². The molecule has 1 aromatic heterocycles. The van der Waals surface area contributed by atoms with E-state index in [0.717, 1.165) is 11.4 Å². The Hall–Kier alpha value is -1.19. The summed E-state index contributed by atoms with van der Waals surface area (Å²) in [7, 11) is 0. The van der Waals surface area contributed by atoms with Gasteiger partial charge in [0.25, 0.3) is 0 Å². The number of hydrogen-bond donors (Lipinski definition) is 1. The zero-order valence-corrected chi connectivity index (χ0v) is 10.5. The highest BCUT2D eigenvalue weighted by Gasteiger charge is 2.04. The monoisotopic (exact) mass is 232 g/mol. The molecule has 0 saturated carbocycles. The summed E-state index contributed by atoms with van der Waals surface area (Å²) in [5, 5.41) is 1.01. The first-order chi connectivity index (χ1) is 7.69. The molecule has 16 heavy (non-hydrogen) atoms. The molecular weight excluding hydrogens is 216 g/mol. The van der Waals surface area contributed by atoms with Crippen LogP contribution in [0.5, 0.6) is 0 Å². The molecule has 0 bridgehead atoms. The van der Waals surface area contributed by atoms with E-state index in [1.54, 1.807) is 11.3 Å². The lowest BCUT2D eigenvalue weighted by Gasteiger charge is -2.04. The van der Waals surface area contributed by atoms with Gasteiger partial charge in [-0.3, -0.25) is 0 Å². The highest BCUT2D eigenvalue weighted by Crippen LogP contribution is 2.19. The fraction of sp³-hybridized carbons (Fsp3) is 0.308. The van der Waals surface area contributed by atoms with Gasteiger partial charge in [0.05, 0.1) is 0 Å². The molecule has 0 spiro atoms. The van der Waals surface area contributed by atoms with Gasteiger partial charge in [0.15, 0.2) is 0 Å². The Morgan fingerprint density at radius 1 is 1.31 bits per heavy atom. The van der Waals surface area contributed by atoms with Crippen molar-refractivity contribution < 1.29 is 0 Å². The number of aryl methyl sites for hydroxylation is 2. The van der Waals surface area contributed by atoms with E-state index in [-0.39, 0.29) is 0 Å². The summed E-state index contributed by atoms with van der Waals surface area (Å²) in [5.74, 6) is 0. The van der Waals surface area contributed by atoms with Gasteiger partial charge in [0, 0.05) is 24.0 Å². The van der Waals surface area contributed by atoms with Crippen molar-refractivity contribution in [3.63, 3.8) is 0 Å². The first-order valence-corrected chi connectivity index (χ1v) is 6.20. The third-order valence-electron chi connectivity index (χ3n) is 2.64. The van der Waals surface area contributed by atoms with Crippen molar-refractivity contribution >= 4 is 11.3 Å². The lowest BCUT2D eigenvalue weighted by molar-refractivity contribution is 1.04. The van der Waals surface area contributed by atoms with E-state index in [2.05, 4.69) is 37.0 Å². The minimum absolute atomic E-state index is 0.539. The Morgan fingerprint density at radius 3 is 2.75 bits per heavy atom. The average molecular weight is 232 g/mol. The van der Waals surface area contributed by atoms with Crippen LogP contribution in [-0.2, 0) is 13.0 Å². The van der Waals surface area contributed by atoms with Crippen LogP contribution in [0.25, 0.3) is 0 Å². The van der Waals surface area contributed by atoms with Crippen LogP contribution in [0.3, 0.4) is 0 Å². The molecule has 1 heterocycles. The summed E-state index contributed by atoms with van der Waals surface area (Å²) < 4.78 is 0. The number of benzene rings is 1. The van der Waals surface area contributed by atoms with Crippen LogP contribution in [0, 0.1) is 13.8 Å². The van der Waals surface area contributed by atoms with Crippen molar-refractivity contribution in [3.05, 3.63) is 51.0 Å². The number of thiazole rings is 1. The quantitative estimate of drug-likeness (QED) is 0.883. The summed E-state index contributed by atoms with van der Waals surface area (Å²) in [4.78, 5) is 5.56. The van der Waals surface area contributed by atoms with Crippen molar-refractivity contribution in [2.75, 3.05) is 0 Å². The summed E-state index contributed by atoms with van der Waals surface area (Å²) in [6.45, 7) is 4.82. The maximum Gasteiger partial charge on any atom is 0.106 e. The summed E-state index contributed by atoms with van der Waals surface area (Å²) in [6, 6.07) is 6.58. The molecule has 2 aromatic rings. The Balaban J connectivity index is 2.20. The zero-order valence-electron chi connectivity index (χ0n) is 9.66. The molecule has 2 nitrogen and oxygen atoms in total. The van der Waals surface area contributed by atoms with Gasteiger partial charge in [-0.25, -0.2) is 4.98 Å². The minimum atomic E-state index is 0.539. The minimum Gasteiger partial charge on any atom is -0.325 e. The van der Waals surface area contributed by atoms with Gasteiger partial charge >= 0.3 is 0 Å². The molecule has 0 amide bonds. The second-order valence-corrected chi connectivity index (χ2v) is 5.23. The molecule has 0 fully saturated rings. The number of rotatable bonds is 3. The van der Waals surface area contributed by atoms with Crippen molar-refractivity contribution in [1.82, 2.24) is 4.98 Å². The number of hydrogen-bond acceptors (Lipinski definition) is 3. The molecule has 1 aromatic carbocycles. The Labute approximate surface area is 100 Å². The van der Waals surface area contributed by atoms with E-state index in [1.807, 2.05) is 6.20 Å². The second-order valence-electron chi connectivity index (χ2n) is 4.03. The third-order valence-corrected chi connectivity index (χ3v) is 3.66. The smallest absolute Gasteiger partial charge is 0.106 e. The maximum atomic E-state index is 5.55. The van der Waals surface area contributed by atoms with Gasteiger partial charge < -0.3 is 5.73 Å². The zero-order chi connectivity index (χ0) is 11.5. The SMILES string of the molecule is Cc1ccc(Cc2cnc(CN)s2)c(C)c1. The van der Waals surface area contributed by atoms with Crippen LogP contribution in [0.2, 0.25) is 0 Å². The molecule has 0 aliphatic heterocycles. The van der Waals surface area contributed by atoms with Crippen LogP contribution >= 0.6 is 11.3 Å². The summed E-state index contributed by atoms with van der Waals surface area (Å²) in [5.41, 5.74) is 9.59. The molecular formula is C13H16N2S. The van der Waals surface area contributed by atoms with Gasteiger partial charge in [0.1, 0.15) is 5.01 Å². The van der Waals surface area contributed by atoms with Gasteiger partial charge in [-0.05, 0) is 25.0 Å². The van der Waals surface area contributed by atoms with Crippen LogP contribution in [0.15, 0.2) is 24.4 Å². The first kappa shape index (κ1) is 11.3. The molecule has 2 rings (SSSR count). The molecule has 0 atom stereocenters. The fourth-order valence-electron chi connectivity index (χ4n) is 1.76. The fourth-order valence-corrected chi connectivity index (χ4v) is 2.58. The molecule has 84 valence electrons. The first-order valence-electron chi connectivity index (χ1n) is 5.39. The lowest BCUT2D eigenvalue weighted by atomic mass is 10.0. The highest BCUT2D eigenvalue weighted by molar-refractivity contribution is 7.11. The van der Waals surface area contributed by atoms with Crippen LogP contribution in [0.4, 0.5) is 0 Å². The van der Waals surface area contributed by atoms with E-state index < -0.39 is 0 Å². The molecule has 0 unspecified atom stereocenters. The van der Waals surface area contributed by atoms with Gasteiger partial charge in [-0.15, -0.1) is 11.3 Å². The molecule has 0 aliphatic rings.